The maximum Gasteiger partial charge on any atom is 0.237 e. The Balaban J connectivity index is 1.44. The molecule has 1 N–H and O–H groups in total. The Labute approximate surface area is 144 Å². The third-order valence-corrected chi connectivity index (χ3v) is 5.23. The van der Waals surface area contributed by atoms with Gasteiger partial charge in [0.1, 0.15) is 5.82 Å². The van der Waals surface area contributed by atoms with E-state index < -0.39 is 0 Å². The lowest BCUT2D eigenvalue weighted by molar-refractivity contribution is -0.126. The molecule has 1 aliphatic heterocycles. The lowest BCUT2D eigenvalue weighted by Gasteiger charge is -2.38. The molecule has 0 spiro atoms. The summed E-state index contributed by atoms with van der Waals surface area (Å²) < 4.78 is 13.0. The standard InChI is InChI=1S/C19H28FN3O/c1-14(16-3-5-17(20)6-4-16)13-22-9-11-23(12-10-22)15(2)19(24)21-18-7-8-18/h3-6,14-15,18H,7-13H2,1-2H3,(H,21,24). The van der Waals surface area contributed by atoms with E-state index in [1.165, 1.54) is 17.7 Å². The van der Waals surface area contributed by atoms with Crippen molar-refractivity contribution in [3.63, 3.8) is 0 Å². The number of amides is 1. The number of piperazine rings is 1. The van der Waals surface area contributed by atoms with Gasteiger partial charge in [0.25, 0.3) is 0 Å². The van der Waals surface area contributed by atoms with Gasteiger partial charge in [0.15, 0.2) is 0 Å². The Hall–Kier alpha value is -1.46. The second-order valence-electron chi connectivity index (χ2n) is 7.25. The molecule has 1 aromatic carbocycles. The van der Waals surface area contributed by atoms with Gasteiger partial charge in [-0.3, -0.25) is 9.69 Å². The van der Waals surface area contributed by atoms with E-state index in [4.69, 9.17) is 0 Å². The Morgan fingerprint density at radius 1 is 1.17 bits per heavy atom. The van der Waals surface area contributed by atoms with Crippen LogP contribution in [0.5, 0.6) is 0 Å². The SMILES string of the molecule is CC(CN1CCN(C(C)C(=O)NC2CC2)CC1)c1ccc(F)cc1. The summed E-state index contributed by atoms with van der Waals surface area (Å²) in [4.78, 5) is 16.9. The quantitative estimate of drug-likeness (QED) is 0.867. The number of nitrogens with zero attached hydrogens (tertiary/aromatic N) is 2. The van der Waals surface area contributed by atoms with Crippen molar-refractivity contribution in [2.45, 2.75) is 44.7 Å². The number of rotatable bonds is 6. The molecule has 5 heteroatoms. The highest BCUT2D eigenvalue weighted by Crippen LogP contribution is 2.20. The molecular weight excluding hydrogens is 305 g/mol. The van der Waals surface area contributed by atoms with Crippen LogP contribution in [0, 0.1) is 5.82 Å². The van der Waals surface area contributed by atoms with E-state index in [1.54, 1.807) is 0 Å². The van der Waals surface area contributed by atoms with Crippen molar-refractivity contribution in [1.29, 1.82) is 0 Å². The number of carbonyl (C=O) groups excluding carboxylic acids is 1. The molecule has 1 aliphatic carbocycles. The largest absolute Gasteiger partial charge is 0.352 e. The molecule has 3 rings (SSSR count). The minimum absolute atomic E-state index is 0.0396. The van der Waals surface area contributed by atoms with Crippen LogP contribution in [0.4, 0.5) is 4.39 Å². The second-order valence-corrected chi connectivity index (χ2v) is 7.25. The van der Waals surface area contributed by atoms with Crippen LogP contribution in [0.1, 0.15) is 38.2 Å². The van der Waals surface area contributed by atoms with Gasteiger partial charge >= 0.3 is 0 Å². The predicted octanol–water partition coefficient (Wildman–Crippen LogP) is 2.21. The average Bonchev–Trinajstić information content (AvgIpc) is 3.39. The van der Waals surface area contributed by atoms with Gasteiger partial charge in [-0.2, -0.15) is 0 Å². The summed E-state index contributed by atoms with van der Waals surface area (Å²) >= 11 is 0. The lowest BCUT2D eigenvalue weighted by Crippen LogP contribution is -2.54. The molecule has 2 unspecified atom stereocenters. The van der Waals surface area contributed by atoms with Gasteiger partial charge in [0, 0.05) is 38.8 Å². The van der Waals surface area contributed by atoms with Crippen molar-refractivity contribution in [2.24, 2.45) is 0 Å². The highest BCUT2D eigenvalue weighted by Gasteiger charge is 2.30. The molecule has 2 fully saturated rings. The Morgan fingerprint density at radius 3 is 2.38 bits per heavy atom. The summed E-state index contributed by atoms with van der Waals surface area (Å²) in [6.45, 7) is 8.98. The van der Waals surface area contributed by atoms with Gasteiger partial charge in [-0.25, -0.2) is 4.39 Å². The smallest absolute Gasteiger partial charge is 0.237 e. The molecule has 132 valence electrons. The minimum atomic E-state index is -0.182. The summed E-state index contributed by atoms with van der Waals surface area (Å²) in [5.74, 6) is 0.372. The zero-order chi connectivity index (χ0) is 17.1. The fourth-order valence-electron chi connectivity index (χ4n) is 3.33. The van der Waals surface area contributed by atoms with E-state index in [1.807, 2.05) is 19.1 Å². The third-order valence-electron chi connectivity index (χ3n) is 5.23. The molecule has 2 aliphatic rings. The van der Waals surface area contributed by atoms with Crippen molar-refractivity contribution in [3.8, 4) is 0 Å². The first kappa shape index (κ1) is 17.4. The zero-order valence-electron chi connectivity index (χ0n) is 14.7. The van der Waals surface area contributed by atoms with Crippen LogP contribution in [-0.4, -0.2) is 60.5 Å². The number of nitrogens with one attached hydrogen (secondary N) is 1. The maximum atomic E-state index is 13.0. The van der Waals surface area contributed by atoms with E-state index >= 15 is 0 Å². The van der Waals surface area contributed by atoms with Crippen molar-refractivity contribution < 1.29 is 9.18 Å². The Morgan fingerprint density at radius 2 is 1.79 bits per heavy atom. The maximum absolute atomic E-state index is 13.0. The van der Waals surface area contributed by atoms with E-state index in [-0.39, 0.29) is 17.8 Å². The molecule has 1 saturated carbocycles. The van der Waals surface area contributed by atoms with Crippen LogP contribution in [0.3, 0.4) is 0 Å². The van der Waals surface area contributed by atoms with Crippen LogP contribution in [-0.2, 0) is 4.79 Å². The fraction of sp³-hybridized carbons (Fsp3) is 0.632. The third kappa shape index (κ3) is 4.54. The number of halogens is 1. The number of benzene rings is 1. The highest BCUT2D eigenvalue weighted by atomic mass is 19.1. The molecule has 1 saturated heterocycles. The second kappa shape index (κ2) is 7.62. The summed E-state index contributed by atoms with van der Waals surface area (Å²) in [7, 11) is 0. The summed E-state index contributed by atoms with van der Waals surface area (Å²) in [6.07, 6.45) is 2.26. The van der Waals surface area contributed by atoms with Crippen LogP contribution in [0.25, 0.3) is 0 Å². The highest BCUT2D eigenvalue weighted by molar-refractivity contribution is 5.81. The van der Waals surface area contributed by atoms with Gasteiger partial charge in [-0.1, -0.05) is 19.1 Å². The van der Waals surface area contributed by atoms with E-state index in [0.717, 1.165) is 45.6 Å². The van der Waals surface area contributed by atoms with E-state index in [9.17, 15) is 9.18 Å². The predicted molar refractivity (Wildman–Crippen MR) is 93.5 cm³/mol. The summed E-state index contributed by atoms with van der Waals surface area (Å²) in [5.41, 5.74) is 1.18. The topological polar surface area (TPSA) is 35.6 Å². The first-order valence-electron chi connectivity index (χ1n) is 9.05. The molecule has 0 radical (unpaired) electrons. The van der Waals surface area contributed by atoms with Crippen LogP contribution in [0.2, 0.25) is 0 Å². The summed E-state index contributed by atoms with van der Waals surface area (Å²) in [5, 5.41) is 3.10. The van der Waals surface area contributed by atoms with E-state index in [2.05, 4.69) is 22.0 Å². The van der Waals surface area contributed by atoms with Crippen molar-refractivity contribution in [3.05, 3.63) is 35.6 Å². The first-order chi connectivity index (χ1) is 11.5. The molecule has 0 bridgehead atoms. The monoisotopic (exact) mass is 333 g/mol. The molecule has 24 heavy (non-hydrogen) atoms. The van der Waals surface area contributed by atoms with Crippen LogP contribution in [0.15, 0.2) is 24.3 Å². The molecular formula is C19H28FN3O. The first-order valence-corrected chi connectivity index (χ1v) is 9.05. The summed E-state index contributed by atoms with van der Waals surface area (Å²) in [6, 6.07) is 7.20. The van der Waals surface area contributed by atoms with Crippen molar-refractivity contribution >= 4 is 5.91 Å². The Bertz CT molecular complexity index is 550. The average molecular weight is 333 g/mol. The zero-order valence-corrected chi connectivity index (χ0v) is 14.7. The van der Waals surface area contributed by atoms with Gasteiger partial charge in [0.05, 0.1) is 6.04 Å². The van der Waals surface area contributed by atoms with Gasteiger partial charge in [-0.05, 0) is 43.4 Å². The Kier molecular flexibility index (Phi) is 5.51. The number of hydrogen-bond acceptors (Lipinski definition) is 3. The lowest BCUT2D eigenvalue weighted by atomic mass is 10.0. The number of hydrogen-bond donors (Lipinski definition) is 1. The molecule has 2 atom stereocenters. The van der Waals surface area contributed by atoms with Gasteiger partial charge < -0.3 is 10.2 Å². The van der Waals surface area contributed by atoms with Gasteiger partial charge in [0.2, 0.25) is 5.91 Å². The molecule has 4 nitrogen and oxygen atoms in total. The number of carbonyl (C=O) groups is 1. The van der Waals surface area contributed by atoms with E-state index in [0.29, 0.717) is 12.0 Å². The molecule has 0 aromatic heterocycles. The molecule has 1 aromatic rings. The van der Waals surface area contributed by atoms with Crippen molar-refractivity contribution in [1.82, 2.24) is 15.1 Å². The van der Waals surface area contributed by atoms with Crippen LogP contribution >= 0.6 is 0 Å². The fourth-order valence-corrected chi connectivity index (χ4v) is 3.33. The van der Waals surface area contributed by atoms with Crippen molar-refractivity contribution in [2.75, 3.05) is 32.7 Å². The van der Waals surface area contributed by atoms with Crippen LogP contribution < -0.4 is 5.32 Å². The van der Waals surface area contributed by atoms with Gasteiger partial charge in [-0.15, -0.1) is 0 Å². The normalized spacial score (nSPS) is 22.1. The minimum Gasteiger partial charge on any atom is -0.352 e. The molecule has 1 heterocycles. The molecule has 1 amide bonds.